The van der Waals surface area contributed by atoms with Crippen molar-refractivity contribution in [3.8, 4) is 0 Å². The van der Waals surface area contributed by atoms with Gasteiger partial charge >= 0.3 is 5.97 Å². The van der Waals surface area contributed by atoms with Crippen LogP contribution < -0.4 is 5.32 Å². The van der Waals surface area contributed by atoms with E-state index in [1.54, 1.807) is 14.0 Å². The molecular formula is C20H28ClNO4. The zero-order valence-corrected chi connectivity index (χ0v) is 16.7. The fourth-order valence-electron chi connectivity index (χ4n) is 3.74. The largest absolute Gasteiger partial charge is 0.464 e. The molecule has 0 bridgehead atoms. The second-order valence-corrected chi connectivity index (χ2v) is 7.44. The summed E-state index contributed by atoms with van der Waals surface area (Å²) in [6.07, 6.45) is 2.82. The number of rotatable bonds is 6. The Morgan fingerprint density at radius 1 is 1.31 bits per heavy atom. The van der Waals surface area contributed by atoms with Crippen LogP contribution in [0.4, 0.5) is 0 Å². The van der Waals surface area contributed by atoms with Crippen LogP contribution in [0.3, 0.4) is 0 Å². The van der Waals surface area contributed by atoms with Gasteiger partial charge in [0, 0.05) is 18.6 Å². The number of halogens is 1. The Balaban J connectivity index is 2.20. The van der Waals surface area contributed by atoms with Crippen LogP contribution in [0, 0.1) is 13.8 Å². The van der Waals surface area contributed by atoms with E-state index in [4.69, 9.17) is 21.1 Å². The summed E-state index contributed by atoms with van der Waals surface area (Å²) >= 11 is 6.07. The molecule has 26 heavy (non-hydrogen) atoms. The van der Waals surface area contributed by atoms with Gasteiger partial charge in [0.2, 0.25) is 5.91 Å². The summed E-state index contributed by atoms with van der Waals surface area (Å²) in [7, 11) is 1.63. The fourth-order valence-corrected chi connectivity index (χ4v) is 4.06. The lowest BCUT2D eigenvalue weighted by molar-refractivity contribution is -0.157. The van der Waals surface area contributed by atoms with Crippen LogP contribution in [0.25, 0.3) is 0 Å². The van der Waals surface area contributed by atoms with Crippen molar-refractivity contribution < 1.29 is 19.1 Å². The van der Waals surface area contributed by atoms with Gasteiger partial charge in [-0.05, 0) is 68.9 Å². The molecule has 2 rings (SSSR count). The minimum atomic E-state index is -1.01. The molecule has 0 radical (unpaired) electrons. The van der Waals surface area contributed by atoms with Crippen molar-refractivity contribution in [3.05, 3.63) is 33.8 Å². The average molecular weight is 382 g/mol. The lowest BCUT2D eigenvalue weighted by Crippen LogP contribution is -2.59. The van der Waals surface area contributed by atoms with E-state index in [-0.39, 0.29) is 31.0 Å². The topological polar surface area (TPSA) is 64.6 Å². The highest BCUT2D eigenvalue weighted by Crippen LogP contribution is 2.31. The van der Waals surface area contributed by atoms with Gasteiger partial charge in [0.25, 0.3) is 0 Å². The number of ether oxygens (including phenoxy) is 2. The maximum Gasteiger partial charge on any atom is 0.331 e. The van der Waals surface area contributed by atoms with E-state index in [0.717, 1.165) is 29.5 Å². The third-order valence-electron chi connectivity index (χ3n) is 5.08. The Hall–Kier alpha value is -1.59. The third kappa shape index (κ3) is 4.77. The molecule has 0 aliphatic heterocycles. The highest BCUT2D eigenvalue weighted by atomic mass is 35.5. The molecule has 5 nitrogen and oxygen atoms in total. The van der Waals surface area contributed by atoms with Crippen LogP contribution in [-0.4, -0.2) is 37.2 Å². The first-order chi connectivity index (χ1) is 12.3. The molecule has 0 spiro atoms. The average Bonchev–Trinajstić information content (AvgIpc) is 2.58. The molecule has 1 aromatic carbocycles. The fraction of sp³-hybridized carbons (Fsp3) is 0.600. The Bertz CT molecular complexity index is 653. The molecule has 2 unspecified atom stereocenters. The number of methoxy groups -OCH3 is 1. The van der Waals surface area contributed by atoms with Crippen LogP contribution >= 0.6 is 11.6 Å². The molecule has 6 heteroatoms. The molecule has 1 aliphatic carbocycles. The SMILES string of the molecule is CCOC(=O)C1(NC(=O)Cc2c(C)cc(Cl)cc2C)CCCC(OC)C1. The summed E-state index contributed by atoms with van der Waals surface area (Å²) < 4.78 is 10.7. The van der Waals surface area contributed by atoms with Crippen molar-refractivity contribution in [1.82, 2.24) is 5.32 Å². The van der Waals surface area contributed by atoms with Crippen molar-refractivity contribution >= 4 is 23.5 Å². The minimum Gasteiger partial charge on any atom is -0.464 e. The maximum absolute atomic E-state index is 12.8. The first-order valence-corrected chi connectivity index (χ1v) is 9.45. The molecule has 1 N–H and O–H groups in total. The normalized spacial score (nSPS) is 22.7. The molecule has 1 aromatic rings. The van der Waals surface area contributed by atoms with E-state index in [2.05, 4.69) is 5.32 Å². The predicted molar refractivity (Wildman–Crippen MR) is 101 cm³/mol. The second kappa shape index (κ2) is 8.87. The van der Waals surface area contributed by atoms with Gasteiger partial charge in [-0.1, -0.05) is 11.6 Å². The Morgan fingerprint density at radius 3 is 2.54 bits per heavy atom. The van der Waals surface area contributed by atoms with E-state index in [1.165, 1.54) is 0 Å². The Labute approximate surface area is 160 Å². The highest BCUT2D eigenvalue weighted by Gasteiger charge is 2.45. The van der Waals surface area contributed by atoms with Crippen LogP contribution in [-0.2, 0) is 25.5 Å². The summed E-state index contributed by atoms with van der Waals surface area (Å²) in [4.78, 5) is 25.4. The lowest BCUT2D eigenvalue weighted by atomic mass is 9.79. The maximum atomic E-state index is 12.8. The van der Waals surface area contributed by atoms with Gasteiger partial charge in [-0.25, -0.2) is 4.79 Å². The van der Waals surface area contributed by atoms with Crippen LogP contribution in [0.15, 0.2) is 12.1 Å². The van der Waals surface area contributed by atoms with Gasteiger partial charge in [0.05, 0.1) is 19.1 Å². The number of aryl methyl sites for hydroxylation is 2. The number of carbonyl (C=O) groups excluding carboxylic acids is 2. The van der Waals surface area contributed by atoms with E-state index < -0.39 is 5.54 Å². The van der Waals surface area contributed by atoms with Crippen LogP contribution in [0.5, 0.6) is 0 Å². The molecular weight excluding hydrogens is 354 g/mol. The zero-order chi connectivity index (χ0) is 19.3. The van der Waals surface area contributed by atoms with Crippen LogP contribution in [0.2, 0.25) is 5.02 Å². The molecule has 0 heterocycles. The summed E-state index contributed by atoms with van der Waals surface area (Å²) in [5.41, 5.74) is 1.85. The Kier molecular flexibility index (Phi) is 7.07. The smallest absolute Gasteiger partial charge is 0.331 e. The van der Waals surface area contributed by atoms with Gasteiger partial charge in [-0.15, -0.1) is 0 Å². The van der Waals surface area contributed by atoms with Crippen molar-refractivity contribution in [2.45, 2.75) is 64.5 Å². The molecule has 0 saturated heterocycles. The van der Waals surface area contributed by atoms with E-state index in [0.29, 0.717) is 17.9 Å². The summed E-state index contributed by atoms with van der Waals surface area (Å²) in [6, 6.07) is 3.69. The molecule has 144 valence electrons. The van der Waals surface area contributed by atoms with E-state index in [9.17, 15) is 9.59 Å². The number of amides is 1. The number of benzene rings is 1. The molecule has 1 amide bonds. The summed E-state index contributed by atoms with van der Waals surface area (Å²) in [5.74, 6) is -0.567. The molecule has 1 aliphatic rings. The van der Waals surface area contributed by atoms with E-state index in [1.807, 2.05) is 26.0 Å². The first-order valence-electron chi connectivity index (χ1n) is 9.08. The number of carbonyl (C=O) groups is 2. The van der Waals surface area contributed by atoms with Gasteiger partial charge in [0.15, 0.2) is 0 Å². The zero-order valence-electron chi connectivity index (χ0n) is 16.0. The number of nitrogens with one attached hydrogen (secondary N) is 1. The molecule has 1 fully saturated rings. The highest BCUT2D eigenvalue weighted by molar-refractivity contribution is 6.30. The molecule has 1 saturated carbocycles. The number of hydrogen-bond donors (Lipinski definition) is 1. The van der Waals surface area contributed by atoms with Crippen molar-refractivity contribution in [2.24, 2.45) is 0 Å². The quantitative estimate of drug-likeness (QED) is 0.766. The van der Waals surface area contributed by atoms with Crippen molar-refractivity contribution in [1.29, 1.82) is 0 Å². The first kappa shape index (κ1) is 20.7. The third-order valence-corrected chi connectivity index (χ3v) is 5.30. The van der Waals surface area contributed by atoms with Gasteiger partial charge in [-0.2, -0.15) is 0 Å². The minimum absolute atomic E-state index is 0.0625. The lowest BCUT2D eigenvalue weighted by Gasteiger charge is -2.38. The second-order valence-electron chi connectivity index (χ2n) is 7.00. The predicted octanol–water partition coefficient (Wildman–Crippen LogP) is 3.51. The van der Waals surface area contributed by atoms with E-state index >= 15 is 0 Å². The van der Waals surface area contributed by atoms with Crippen LogP contribution in [0.1, 0.15) is 49.3 Å². The molecule has 2 atom stereocenters. The van der Waals surface area contributed by atoms with Crippen molar-refractivity contribution in [3.63, 3.8) is 0 Å². The van der Waals surface area contributed by atoms with Gasteiger partial charge in [-0.3, -0.25) is 4.79 Å². The van der Waals surface area contributed by atoms with Gasteiger partial charge < -0.3 is 14.8 Å². The summed E-state index contributed by atoms with van der Waals surface area (Å²) in [6.45, 7) is 5.92. The van der Waals surface area contributed by atoms with Crippen molar-refractivity contribution in [2.75, 3.05) is 13.7 Å². The molecule has 0 aromatic heterocycles. The number of esters is 1. The Morgan fingerprint density at radius 2 is 1.96 bits per heavy atom. The monoisotopic (exact) mass is 381 g/mol. The summed E-state index contributed by atoms with van der Waals surface area (Å²) in [5, 5.41) is 3.63. The van der Waals surface area contributed by atoms with Gasteiger partial charge in [0.1, 0.15) is 5.54 Å². The standard InChI is InChI=1S/C20H28ClNO4/c1-5-26-19(24)20(8-6-7-16(12-20)25-4)22-18(23)11-17-13(2)9-15(21)10-14(17)3/h9-10,16H,5-8,11-12H2,1-4H3,(H,22,23). The number of hydrogen-bond acceptors (Lipinski definition) is 4.